The molecule has 6 amide bonds. The summed E-state index contributed by atoms with van der Waals surface area (Å²) in [4.78, 5) is 113. The van der Waals surface area contributed by atoms with E-state index in [1.54, 1.807) is 0 Å². The number of carbonyl (C=O) groups is 7. The van der Waals surface area contributed by atoms with Crippen LogP contribution in [0.25, 0.3) is 11.1 Å². The van der Waals surface area contributed by atoms with E-state index in [2.05, 4.69) is 37.2 Å². The van der Waals surface area contributed by atoms with Crippen molar-refractivity contribution in [2.75, 3.05) is 26.9 Å². The molecule has 7 aromatic rings. The summed E-state index contributed by atoms with van der Waals surface area (Å²) in [6.45, 7) is 1.17. The summed E-state index contributed by atoms with van der Waals surface area (Å²) in [6, 6.07) is 4.39. The Balaban J connectivity index is 0.932. The molecule has 6 saturated heterocycles. The molecule has 37 atom stereocenters. The molecule has 0 spiro atoms. The molecule has 31 N–H and O–H groups in total. The number of ether oxygens (including phenoxy) is 14. The first kappa shape index (κ1) is 108. The summed E-state index contributed by atoms with van der Waals surface area (Å²) in [5.41, 5.74) is 9.08. The number of hydrogen-bond donors (Lipinski definition) is 29. The van der Waals surface area contributed by atoms with E-state index in [4.69, 9.17) is 101 Å². The summed E-state index contributed by atoms with van der Waals surface area (Å²) in [6.07, 6.45) is -51.0. The van der Waals surface area contributed by atoms with Crippen molar-refractivity contribution in [3.05, 3.63) is 176 Å². The Morgan fingerprint density at radius 1 is 0.449 bits per heavy atom. The number of nitrogens with two attached hydrogens (primary N) is 2. The van der Waals surface area contributed by atoms with Gasteiger partial charge in [0.15, 0.2) is 42.5 Å². The molecule has 0 aromatic heterocycles. The molecular weight excluding hydrogens is 1990 g/mol. The lowest BCUT2D eigenvalue weighted by molar-refractivity contribution is -0.330. The number of halogens is 2. The molecule has 11 aliphatic rings. The first-order valence-electron chi connectivity index (χ1n) is 46.5. The van der Waals surface area contributed by atoms with Crippen molar-refractivity contribution in [1.29, 1.82) is 0 Å². The van der Waals surface area contributed by atoms with Crippen LogP contribution < -0.4 is 72.4 Å². The maximum absolute atomic E-state index is 17.2. The number of hydrogen-bond acceptors (Lipinski definition) is 43. The molecule has 11 heterocycles. The third-order valence-corrected chi connectivity index (χ3v) is 27.4. The Bertz CT molecular complexity index is 5930. The van der Waals surface area contributed by atoms with E-state index in [1.807, 2.05) is 0 Å². The lowest BCUT2D eigenvalue weighted by Crippen LogP contribution is -2.62. The molecule has 0 saturated carbocycles. The van der Waals surface area contributed by atoms with Crippen LogP contribution in [-0.2, 0) is 76.2 Å². The molecule has 52 heteroatoms. The lowest BCUT2D eigenvalue weighted by Gasteiger charge is -2.44. The Hall–Kier alpha value is -11.3. The number of aliphatic hydroxyl groups is 16. The van der Waals surface area contributed by atoms with Crippen molar-refractivity contribution >= 4 is 64.6 Å². The lowest BCUT2D eigenvalue weighted by atomic mass is 9.89. The number of rotatable bonds is 21. The van der Waals surface area contributed by atoms with E-state index in [9.17, 15) is 107 Å². The number of aliphatic hydroxyl groups excluding tert-OH is 16. The number of benzene rings is 7. The second-order valence-electron chi connectivity index (χ2n) is 36.7. The molecule has 7 aromatic carbocycles. The maximum atomic E-state index is 17.2. The standard InChI is InChI=1S/C95H111Cl2N9O41/c1-31-68(113)47(98)26-58(134-31)144-82-38-11-18-51(46(97)21-38)139-54-23-39-22-53(83(54)147-95-84(77(122)73(118)57(30-109)143-95)145-59-27-48(99)69(114)32(2)135-59)137-41-14-7-35(8-15-41)81(146-94-80(125)76(121)72(117)56(29-108)142-94)66(105-85(126)61(100-4)34-5-12-42(13-6-34)138-92-78(123)74(119)70(115)33(3)136-92)89(130)102-63(37-10-17-52(45(96)20-37)140-93-79(124)75(120)71(116)55(28-107)141-93)86(127)103-64(39)88(129)101-62-36-9-16-49(111)43(19-36)60-44(24-40(110)25-50(60)112)65(91(132)133)104-90(131)67(82)106-87(62)128/h5-25,31-33,47-48,55-59,61-82,84,92-95,100,107-125H,26-30,98-99H2,1-4H3,(H,101,129)(H,102,130)(H,103,127)(H,104,131)(H,105,126)(H,106,128)(H,132,133)/t31-,32-,33-,47+,48+,55+,56+,57+,58-,59-,61+,62+,63-,64+,65-,66+,67-,68-,69-,70-,71-,72+,73+,74+,75-,76-,77-,78+,79+,80-,81+,82+,84+,92-,93+,94+,95-/m0/s1. The van der Waals surface area contributed by atoms with Gasteiger partial charge in [-0.2, -0.15) is 0 Å². The van der Waals surface area contributed by atoms with E-state index in [-0.39, 0.29) is 41.0 Å². The molecule has 0 unspecified atom stereocenters. The van der Waals surface area contributed by atoms with E-state index < -0.39 is 377 Å². The van der Waals surface area contributed by atoms with Crippen LogP contribution in [0, 0.1) is 0 Å². The van der Waals surface area contributed by atoms with Gasteiger partial charge in [-0.3, -0.25) is 28.8 Å². The van der Waals surface area contributed by atoms with E-state index in [1.165, 1.54) is 82.4 Å². The first-order chi connectivity index (χ1) is 69.9. The highest BCUT2D eigenvalue weighted by Gasteiger charge is 2.54. The van der Waals surface area contributed by atoms with Gasteiger partial charge in [0.2, 0.25) is 60.1 Å². The van der Waals surface area contributed by atoms with Gasteiger partial charge in [-0.05, 0) is 140 Å². The number of phenolic OH excluding ortho intramolecular Hbond substituents is 3. The van der Waals surface area contributed by atoms with Crippen molar-refractivity contribution in [2.45, 2.75) is 260 Å². The average Bonchev–Trinajstić information content (AvgIpc) is 0.745. The molecule has 50 nitrogen and oxygen atoms in total. The maximum Gasteiger partial charge on any atom is 0.330 e. The van der Waals surface area contributed by atoms with Crippen LogP contribution >= 0.6 is 23.2 Å². The van der Waals surface area contributed by atoms with Crippen LogP contribution in [0.15, 0.2) is 127 Å². The van der Waals surface area contributed by atoms with Crippen LogP contribution in [0.2, 0.25) is 10.0 Å². The molecule has 0 aliphatic carbocycles. The number of carboxylic acids is 1. The molecule has 0 radical (unpaired) electrons. The highest BCUT2D eigenvalue weighted by Crippen LogP contribution is 2.51. The summed E-state index contributed by atoms with van der Waals surface area (Å²) in [7, 11) is 1.30. The van der Waals surface area contributed by atoms with Crippen LogP contribution in [0.1, 0.15) is 115 Å². The van der Waals surface area contributed by atoms with Gasteiger partial charge < -0.3 is 217 Å². The molecule has 11 aliphatic heterocycles. The number of fused-ring (bicyclic) bond motifs is 15. The highest BCUT2D eigenvalue weighted by molar-refractivity contribution is 6.32. The first-order valence-corrected chi connectivity index (χ1v) is 47.2. The summed E-state index contributed by atoms with van der Waals surface area (Å²) in [5.74, 6) is -16.9. The third-order valence-electron chi connectivity index (χ3n) is 26.8. The molecule has 11 bridgehead atoms. The van der Waals surface area contributed by atoms with Crippen LogP contribution in [0.4, 0.5) is 0 Å². The predicted octanol–water partition coefficient (Wildman–Crippen LogP) is -4.40. The predicted molar refractivity (Wildman–Crippen MR) is 494 cm³/mol. The third kappa shape index (κ3) is 22.6. The van der Waals surface area contributed by atoms with Crippen LogP contribution in [-0.4, -0.2) is 354 Å². The number of likely N-dealkylation sites (N-methyl/N-ethyl adjacent to an activating group) is 1. The Morgan fingerprint density at radius 2 is 0.959 bits per heavy atom. The smallest absolute Gasteiger partial charge is 0.330 e. The van der Waals surface area contributed by atoms with Gasteiger partial charge in [0, 0.05) is 47.7 Å². The van der Waals surface area contributed by atoms with E-state index in [0.29, 0.717) is 0 Å². The van der Waals surface area contributed by atoms with Gasteiger partial charge in [0.25, 0.3) is 0 Å². The van der Waals surface area contributed by atoms with Crippen molar-refractivity contribution in [3.63, 3.8) is 0 Å². The minimum Gasteiger partial charge on any atom is -0.508 e. The molecule has 147 heavy (non-hydrogen) atoms. The van der Waals surface area contributed by atoms with Crippen molar-refractivity contribution in [1.82, 2.24) is 37.2 Å². The average molecular weight is 2110 g/mol. The number of aliphatic carboxylic acids is 1. The van der Waals surface area contributed by atoms with Crippen molar-refractivity contribution in [2.24, 2.45) is 11.5 Å². The van der Waals surface area contributed by atoms with E-state index in [0.717, 1.165) is 72.8 Å². The quantitative estimate of drug-likeness (QED) is 0.0323. The zero-order valence-electron chi connectivity index (χ0n) is 77.9. The minimum atomic E-state index is -2.59. The van der Waals surface area contributed by atoms with Gasteiger partial charge in [0.1, 0.15) is 174 Å². The molecule has 6 fully saturated rings. The number of carboxylic acid groups (broad SMARTS) is 1. The molecule has 796 valence electrons. The zero-order valence-corrected chi connectivity index (χ0v) is 79.5. The summed E-state index contributed by atoms with van der Waals surface area (Å²) in [5, 5.41) is 241. The van der Waals surface area contributed by atoms with Crippen LogP contribution in [0.5, 0.6) is 57.5 Å². The minimum absolute atomic E-state index is 0.0392. The monoisotopic (exact) mass is 2100 g/mol. The number of carbonyl (C=O) groups excluding carboxylic acids is 6. The van der Waals surface area contributed by atoms with Crippen molar-refractivity contribution < 1.29 is 202 Å². The zero-order chi connectivity index (χ0) is 106. The largest absolute Gasteiger partial charge is 0.508 e. The highest BCUT2D eigenvalue weighted by atomic mass is 35.5. The van der Waals surface area contributed by atoms with Gasteiger partial charge in [-0.25, -0.2) is 4.79 Å². The van der Waals surface area contributed by atoms with Gasteiger partial charge >= 0.3 is 5.97 Å². The summed E-state index contributed by atoms with van der Waals surface area (Å²) >= 11 is 14.6. The van der Waals surface area contributed by atoms with E-state index >= 15 is 28.8 Å². The number of amides is 6. The van der Waals surface area contributed by atoms with Crippen molar-refractivity contribution in [3.8, 4) is 68.6 Å². The molecule has 18 rings (SSSR count). The van der Waals surface area contributed by atoms with Gasteiger partial charge in [-0.15, -0.1) is 0 Å². The normalized spacial score (nSPS) is 35.5. The Labute approximate surface area is 843 Å². The number of nitrogens with one attached hydrogen (secondary N) is 7. The van der Waals surface area contributed by atoms with Gasteiger partial charge in [-0.1, -0.05) is 65.7 Å². The fourth-order valence-electron chi connectivity index (χ4n) is 18.6. The SMILES string of the molecule is CN[C@@H](C(=O)N[C@H]1C(=O)N[C@@H](c2ccc(O[C@@H]3O[C@H](CO)[C@H](O)[C@H](O)[C@H]3O)c(Cl)c2)C(=O)N[C@H]2C(=O)N[C@H]3C(=O)N[C@H](C(=O)N[C@H](C(=O)O)c4cc(O)cc(O)c4-c4cc3ccc4O)[C@H](O[C@H]3C[C@@H](N)[C@@H](O)[C@H](C)O3)c3ccc(c(Cl)c3)Oc3cc2cc(c3O[C@@H]2O[C@H](CO)[C@@H](O)[C@H](O)[C@H]2O[C@H]2C[C@@H](N)[C@@H](O)[C@H](C)O2)Oc2ccc(cc2)[C@H]1O[C@H]1O[C@H](CO)[C@@H](O)[C@H](O)[C@@H]1O)c1ccc(O[C@@H]2O[C@@H](C)[C@H](O)[C@@H](O)[C@H]2O)cc1. The second-order valence-corrected chi connectivity index (χ2v) is 37.6. The Kier molecular flexibility index (Phi) is 33.4. The Morgan fingerprint density at radius 3 is 1.54 bits per heavy atom. The summed E-state index contributed by atoms with van der Waals surface area (Å²) < 4.78 is 88.0. The fraction of sp³-hybridized carbons (Fsp3) is 0.484. The second kappa shape index (κ2) is 45.2. The van der Waals surface area contributed by atoms with Crippen LogP contribution in [0.3, 0.4) is 0 Å². The number of phenols is 3. The molecular formula is C95H111Cl2N9O41. The topological polar surface area (TPSA) is 790 Å². The fourth-order valence-corrected chi connectivity index (χ4v) is 19.1. The number of aromatic hydroxyl groups is 3. The van der Waals surface area contributed by atoms with Gasteiger partial charge in [0.05, 0.1) is 60.4 Å².